The van der Waals surface area contributed by atoms with Crippen LogP contribution in [0.3, 0.4) is 0 Å². The number of carbonyl (C=O) groups is 1. The van der Waals surface area contributed by atoms with Gasteiger partial charge >= 0.3 is 5.97 Å². The molecule has 0 fully saturated rings. The van der Waals surface area contributed by atoms with Gasteiger partial charge in [0, 0.05) is 5.88 Å². The van der Waals surface area contributed by atoms with Gasteiger partial charge in [-0.15, -0.1) is 22.9 Å². The molecular weight excluding hydrogens is 414 g/mol. The minimum Gasteiger partial charge on any atom is -0.490 e. The van der Waals surface area contributed by atoms with Crippen LogP contribution in [0.25, 0.3) is 10.8 Å². The molecule has 0 unspecified atom stereocenters. The van der Waals surface area contributed by atoms with Crippen molar-refractivity contribution in [1.29, 1.82) is 0 Å². The molecule has 0 saturated carbocycles. The molecule has 0 aliphatic carbocycles. The van der Waals surface area contributed by atoms with Crippen LogP contribution < -0.4 is 9.47 Å². The summed E-state index contributed by atoms with van der Waals surface area (Å²) >= 11 is 7.18. The fourth-order valence-electron chi connectivity index (χ4n) is 2.60. The first-order valence-corrected chi connectivity index (χ1v) is 10.6. The van der Waals surface area contributed by atoms with Gasteiger partial charge in [0.2, 0.25) is 5.89 Å². The maximum Gasteiger partial charge on any atom is 0.348 e. The third-order valence-electron chi connectivity index (χ3n) is 4.01. The Balaban J connectivity index is 1.74. The van der Waals surface area contributed by atoms with Crippen molar-refractivity contribution in [2.45, 2.75) is 33.3 Å². The van der Waals surface area contributed by atoms with E-state index in [2.05, 4.69) is 4.98 Å². The van der Waals surface area contributed by atoms with E-state index in [4.69, 9.17) is 30.2 Å². The van der Waals surface area contributed by atoms with Crippen LogP contribution in [0.5, 0.6) is 11.5 Å². The van der Waals surface area contributed by atoms with Crippen LogP contribution in [-0.2, 0) is 17.2 Å². The number of aromatic nitrogens is 1. The van der Waals surface area contributed by atoms with E-state index in [-0.39, 0.29) is 12.6 Å². The molecule has 0 bridgehead atoms. The molecule has 0 radical (unpaired) electrons. The zero-order chi connectivity index (χ0) is 20.8. The van der Waals surface area contributed by atoms with Gasteiger partial charge in [-0.1, -0.05) is 6.07 Å². The normalized spacial score (nSPS) is 10.8. The number of esters is 1. The van der Waals surface area contributed by atoms with Crippen LogP contribution in [0, 0.1) is 6.92 Å². The lowest BCUT2D eigenvalue weighted by Gasteiger charge is -2.12. The van der Waals surface area contributed by atoms with E-state index in [1.54, 1.807) is 19.1 Å². The monoisotopic (exact) mass is 435 g/mol. The average molecular weight is 436 g/mol. The minimum atomic E-state index is -0.348. The molecule has 2 heterocycles. The molecule has 0 amide bonds. The van der Waals surface area contributed by atoms with Gasteiger partial charge in [-0.2, -0.15) is 0 Å². The fourth-order valence-corrected chi connectivity index (χ4v) is 3.59. The molecule has 3 rings (SSSR count). The van der Waals surface area contributed by atoms with Gasteiger partial charge < -0.3 is 18.6 Å². The minimum absolute atomic E-state index is 0.228. The number of aryl methyl sites for hydroxylation is 1. The van der Waals surface area contributed by atoms with Gasteiger partial charge in [-0.3, -0.25) is 0 Å². The molecule has 29 heavy (non-hydrogen) atoms. The molecule has 2 aromatic heterocycles. The van der Waals surface area contributed by atoms with Crippen LogP contribution in [0.4, 0.5) is 0 Å². The molecule has 0 saturated heterocycles. The lowest BCUT2D eigenvalue weighted by atomic mass is 10.2. The summed E-state index contributed by atoms with van der Waals surface area (Å²) in [5.74, 6) is 2.42. The van der Waals surface area contributed by atoms with E-state index < -0.39 is 0 Å². The Labute approximate surface area is 178 Å². The molecule has 8 heteroatoms. The molecule has 0 spiro atoms. The predicted molar refractivity (Wildman–Crippen MR) is 112 cm³/mol. The Morgan fingerprint density at radius 3 is 2.69 bits per heavy atom. The van der Waals surface area contributed by atoms with Gasteiger partial charge in [-0.25, -0.2) is 9.78 Å². The maximum atomic E-state index is 11.8. The first-order valence-electron chi connectivity index (χ1n) is 9.23. The number of thiophene rings is 1. The summed E-state index contributed by atoms with van der Waals surface area (Å²) < 4.78 is 22.4. The number of alkyl halides is 1. The molecule has 6 nitrogen and oxygen atoms in total. The summed E-state index contributed by atoms with van der Waals surface area (Å²) in [5, 5.41) is 0. The van der Waals surface area contributed by atoms with Crippen molar-refractivity contribution < 1.29 is 23.4 Å². The largest absolute Gasteiger partial charge is 0.490 e. The fraction of sp³-hybridized carbons (Fsp3) is 0.333. The van der Waals surface area contributed by atoms with Crippen molar-refractivity contribution in [1.82, 2.24) is 4.98 Å². The smallest absolute Gasteiger partial charge is 0.348 e. The van der Waals surface area contributed by atoms with Gasteiger partial charge in [0.1, 0.15) is 22.9 Å². The zero-order valence-corrected chi connectivity index (χ0v) is 18.1. The summed E-state index contributed by atoms with van der Waals surface area (Å²) in [6.07, 6.45) is 0. The van der Waals surface area contributed by atoms with Gasteiger partial charge in [0.05, 0.1) is 18.1 Å². The number of nitrogens with zero attached hydrogens (tertiary/aromatic N) is 1. The van der Waals surface area contributed by atoms with Gasteiger partial charge in [0.25, 0.3) is 0 Å². The summed E-state index contributed by atoms with van der Waals surface area (Å²) in [5.41, 5.74) is 1.63. The second-order valence-corrected chi connectivity index (χ2v) is 7.39. The lowest BCUT2D eigenvalue weighted by Crippen LogP contribution is -2.01. The molecule has 0 aliphatic rings. The Bertz CT molecular complexity index is 981. The Morgan fingerprint density at radius 2 is 1.97 bits per heavy atom. The Morgan fingerprint density at radius 1 is 1.14 bits per heavy atom. The number of hydrogen-bond donors (Lipinski definition) is 0. The summed E-state index contributed by atoms with van der Waals surface area (Å²) in [6.45, 7) is 6.60. The highest BCUT2D eigenvalue weighted by molar-refractivity contribution is 7.17. The van der Waals surface area contributed by atoms with Crippen molar-refractivity contribution in [3.63, 3.8) is 0 Å². The number of halogens is 1. The van der Waals surface area contributed by atoms with Crippen LogP contribution in [-0.4, -0.2) is 24.2 Å². The van der Waals surface area contributed by atoms with E-state index in [1.807, 2.05) is 32.0 Å². The Kier molecular flexibility index (Phi) is 7.17. The quantitative estimate of drug-likeness (QED) is 0.321. The lowest BCUT2D eigenvalue weighted by molar-refractivity contribution is 0.0532. The van der Waals surface area contributed by atoms with E-state index in [0.717, 1.165) is 10.4 Å². The van der Waals surface area contributed by atoms with Crippen molar-refractivity contribution in [2.75, 3.05) is 13.2 Å². The summed E-state index contributed by atoms with van der Waals surface area (Å²) in [4.78, 5) is 17.6. The third kappa shape index (κ3) is 5.10. The van der Waals surface area contributed by atoms with E-state index in [1.165, 1.54) is 11.3 Å². The molecule has 0 N–H and O–H groups in total. The molecular formula is C21H22ClNO5S. The van der Waals surface area contributed by atoms with Crippen LogP contribution in [0.15, 0.2) is 34.7 Å². The van der Waals surface area contributed by atoms with Crippen molar-refractivity contribution in [3.8, 4) is 22.3 Å². The van der Waals surface area contributed by atoms with Crippen LogP contribution >= 0.6 is 22.9 Å². The number of carbonyl (C=O) groups excluding carboxylic acids is 1. The zero-order valence-electron chi connectivity index (χ0n) is 16.5. The number of oxazole rings is 1. The second-order valence-electron chi connectivity index (χ2n) is 6.04. The van der Waals surface area contributed by atoms with Crippen LogP contribution in [0.2, 0.25) is 0 Å². The third-order valence-corrected chi connectivity index (χ3v) is 5.37. The van der Waals surface area contributed by atoms with Crippen molar-refractivity contribution >= 4 is 28.9 Å². The maximum absolute atomic E-state index is 11.8. The first kappa shape index (κ1) is 21.2. The van der Waals surface area contributed by atoms with E-state index >= 15 is 0 Å². The van der Waals surface area contributed by atoms with Crippen molar-refractivity contribution in [2.24, 2.45) is 0 Å². The second kappa shape index (κ2) is 9.80. The summed E-state index contributed by atoms with van der Waals surface area (Å²) in [6, 6.07) is 9.11. The van der Waals surface area contributed by atoms with Crippen LogP contribution in [0.1, 0.15) is 40.5 Å². The molecule has 3 aromatic rings. The number of ether oxygens (including phenoxy) is 3. The van der Waals surface area contributed by atoms with Gasteiger partial charge in [-0.05, 0) is 50.6 Å². The molecule has 0 aliphatic heterocycles. The van der Waals surface area contributed by atoms with Crippen molar-refractivity contribution in [3.05, 3.63) is 52.2 Å². The Hall–Kier alpha value is -2.51. The highest BCUT2D eigenvalue weighted by Gasteiger charge is 2.17. The molecule has 0 atom stereocenters. The number of benzene rings is 1. The average Bonchev–Trinajstić information content (AvgIpc) is 3.34. The topological polar surface area (TPSA) is 70.8 Å². The molecule has 1 aromatic carbocycles. The number of rotatable bonds is 9. The highest BCUT2D eigenvalue weighted by atomic mass is 35.5. The standard InChI is InChI=1S/C21H22ClNO5S/c1-4-25-17-10-14(11-22)6-7-16(17)27-12-15-13(3)28-20(23-15)18-8-9-19(29-18)21(24)26-5-2/h6-10H,4-5,11-12H2,1-3H3. The van der Waals surface area contributed by atoms with E-state index in [0.29, 0.717) is 52.8 Å². The van der Waals surface area contributed by atoms with E-state index in [9.17, 15) is 4.79 Å². The summed E-state index contributed by atoms with van der Waals surface area (Å²) in [7, 11) is 0. The first-order chi connectivity index (χ1) is 14.0. The highest BCUT2D eigenvalue weighted by Crippen LogP contribution is 2.32. The number of hydrogen-bond acceptors (Lipinski definition) is 7. The van der Waals surface area contributed by atoms with Gasteiger partial charge in [0.15, 0.2) is 11.5 Å². The molecule has 154 valence electrons. The predicted octanol–water partition coefficient (Wildman–Crippen LogP) is 5.60. The SMILES string of the molecule is CCOC(=O)c1ccc(-c2nc(COc3ccc(CCl)cc3OCC)c(C)o2)s1.